The smallest absolute Gasteiger partial charge is 1.00 e. The molecule has 0 saturated carbocycles. The van der Waals surface area contributed by atoms with Crippen LogP contribution in [0.25, 0.3) is 0 Å². The van der Waals surface area contributed by atoms with Crippen molar-refractivity contribution in [2.75, 3.05) is 0 Å². The number of carbonyl (C=O) groups is 1. The van der Waals surface area contributed by atoms with Crippen LogP contribution in [0.15, 0.2) is 0 Å². The molecule has 0 aromatic rings. The summed E-state index contributed by atoms with van der Waals surface area (Å²) in [6.45, 7) is 0. The fourth-order valence-corrected chi connectivity index (χ4v) is 0.635. The minimum Gasteiger partial charge on any atom is -1.00 e. The van der Waals surface area contributed by atoms with E-state index in [1.165, 1.54) is 0 Å². The number of carbonyl (C=O) groups excluding carboxylic acids is 1. The van der Waals surface area contributed by atoms with E-state index in [2.05, 4.69) is 34.7 Å². The Morgan fingerprint density at radius 2 is 1.67 bits per heavy atom. The second-order valence-corrected chi connectivity index (χ2v) is 2.28. The van der Waals surface area contributed by atoms with E-state index >= 15 is 0 Å². The fraction of sp³-hybridized carbons (Fsp3) is 0.667. The van der Waals surface area contributed by atoms with Gasteiger partial charge in [0.2, 0.25) is 0 Å². The summed E-state index contributed by atoms with van der Waals surface area (Å²) in [6, 6.07) is 0. The van der Waals surface area contributed by atoms with Crippen molar-refractivity contribution in [2.45, 2.75) is 10.9 Å². The number of ether oxygens (including phenoxy) is 2. The summed E-state index contributed by atoms with van der Waals surface area (Å²) >= 11 is 7.60. The first-order valence-electron chi connectivity index (χ1n) is 1.93. The SMILES string of the molecule is O=C1OC(S)C(S)O1.[H-].[Li+]. The van der Waals surface area contributed by atoms with Crippen LogP contribution in [0.4, 0.5) is 4.79 Å². The van der Waals surface area contributed by atoms with Gasteiger partial charge in [-0.15, -0.1) is 25.3 Å². The molecule has 0 aromatic carbocycles. The van der Waals surface area contributed by atoms with E-state index in [9.17, 15) is 4.79 Å². The summed E-state index contributed by atoms with van der Waals surface area (Å²) in [6.07, 6.45) is -0.704. The topological polar surface area (TPSA) is 35.5 Å². The Bertz CT molecular complexity index is 112. The molecular weight excluding hydrogens is 155 g/mol. The molecule has 6 heteroatoms. The molecule has 0 bridgehead atoms. The predicted octanol–water partition coefficient (Wildman–Crippen LogP) is -2.22. The van der Waals surface area contributed by atoms with Gasteiger partial charge in [-0.05, 0) is 0 Å². The molecule has 1 aliphatic heterocycles. The molecule has 1 saturated heterocycles. The van der Waals surface area contributed by atoms with Gasteiger partial charge in [0.05, 0.1) is 0 Å². The van der Waals surface area contributed by atoms with Crippen LogP contribution in [0.2, 0.25) is 0 Å². The van der Waals surface area contributed by atoms with E-state index in [1.807, 2.05) is 0 Å². The molecular formula is C3H5LiO3S2. The first kappa shape index (κ1) is 9.57. The third-order valence-corrected chi connectivity index (χ3v) is 1.67. The maximum absolute atomic E-state index is 10.1. The number of hydrogen-bond acceptors (Lipinski definition) is 5. The van der Waals surface area contributed by atoms with E-state index in [4.69, 9.17) is 0 Å². The molecule has 0 aromatic heterocycles. The summed E-state index contributed by atoms with van der Waals surface area (Å²) in [7, 11) is 0. The molecule has 1 aliphatic rings. The van der Waals surface area contributed by atoms with E-state index in [-0.39, 0.29) is 20.3 Å². The van der Waals surface area contributed by atoms with Crippen LogP contribution in [0.5, 0.6) is 0 Å². The summed E-state index contributed by atoms with van der Waals surface area (Å²) in [5.74, 6) is 0. The van der Waals surface area contributed by atoms with Gasteiger partial charge in [0.25, 0.3) is 0 Å². The summed E-state index contributed by atoms with van der Waals surface area (Å²) in [5, 5.41) is 0. The average molecular weight is 160 g/mol. The van der Waals surface area contributed by atoms with Gasteiger partial charge < -0.3 is 10.9 Å². The Morgan fingerprint density at radius 1 is 1.33 bits per heavy atom. The molecule has 0 spiro atoms. The monoisotopic (exact) mass is 160 g/mol. The van der Waals surface area contributed by atoms with Crippen LogP contribution < -0.4 is 18.9 Å². The van der Waals surface area contributed by atoms with E-state index in [0.717, 1.165) is 0 Å². The summed E-state index contributed by atoms with van der Waals surface area (Å²) in [4.78, 5) is 10.1. The third-order valence-electron chi connectivity index (χ3n) is 0.678. The first-order valence-corrected chi connectivity index (χ1v) is 2.97. The van der Waals surface area contributed by atoms with Crippen molar-refractivity contribution in [3.05, 3.63) is 0 Å². The van der Waals surface area contributed by atoms with Crippen molar-refractivity contribution < 1.29 is 34.6 Å². The summed E-state index contributed by atoms with van der Waals surface area (Å²) < 4.78 is 8.80. The van der Waals surface area contributed by atoms with Gasteiger partial charge in [-0.1, -0.05) is 0 Å². The normalized spacial score (nSPS) is 32.4. The summed E-state index contributed by atoms with van der Waals surface area (Å²) in [5.41, 5.74) is -1.04. The van der Waals surface area contributed by atoms with Crippen LogP contribution in [0.1, 0.15) is 1.43 Å². The number of cyclic esters (lactones) is 2. The van der Waals surface area contributed by atoms with Crippen molar-refractivity contribution in [1.82, 2.24) is 0 Å². The minimum absolute atomic E-state index is 0. The minimum atomic E-state index is -0.704. The van der Waals surface area contributed by atoms with Gasteiger partial charge in [-0.2, -0.15) is 0 Å². The van der Waals surface area contributed by atoms with E-state index < -0.39 is 17.0 Å². The van der Waals surface area contributed by atoms with Crippen molar-refractivity contribution in [1.29, 1.82) is 0 Å². The van der Waals surface area contributed by atoms with Gasteiger partial charge in [0, 0.05) is 0 Å². The van der Waals surface area contributed by atoms with Crippen molar-refractivity contribution >= 4 is 31.4 Å². The van der Waals surface area contributed by atoms with Crippen LogP contribution in [0.3, 0.4) is 0 Å². The zero-order chi connectivity index (χ0) is 6.15. The Kier molecular flexibility index (Phi) is 3.90. The maximum Gasteiger partial charge on any atom is 1.00 e. The zero-order valence-corrected chi connectivity index (χ0v) is 6.56. The number of rotatable bonds is 0. The molecule has 0 aliphatic carbocycles. The van der Waals surface area contributed by atoms with Gasteiger partial charge in [-0.25, -0.2) is 4.79 Å². The maximum atomic E-state index is 10.1. The predicted molar refractivity (Wildman–Crippen MR) is 34.2 cm³/mol. The largest absolute Gasteiger partial charge is 1.00 e. The van der Waals surface area contributed by atoms with Crippen LogP contribution in [0, 0.1) is 0 Å². The zero-order valence-electron chi connectivity index (χ0n) is 5.77. The van der Waals surface area contributed by atoms with Crippen molar-refractivity contribution in [2.24, 2.45) is 0 Å². The molecule has 48 valence electrons. The molecule has 0 amide bonds. The van der Waals surface area contributed by atoms with Gasteiger partial charge in [0.15, 0.2) is 10.9 Å². The quantitative estimate of drug-likeness (QED) is 0.239. The molecule has 2 atom stereocenters. The van der Waals surface area contributed by atoms with Crippen LogP contribution in [-0.2, 0) is 9.47 Å². The molecule has 9 heavy (non-hydrogen) atoms. The Hall–Kier alpha value is 0.567. The van der Waals surface area contributed by atoms with Crippen LogP contribution in [-0.4, -0.2) is 17.0 Å². The van der Waals surface area contributed by atoms with Crippen LogP contribution >= 0.6 is 25.3 Å². The Morgan fingerprint density at radius 3 is 1.78 bits per heavy atom. The standard InChI is InChI=1S/C3H4O3S2.Li.H/c4-3-5-1(7)2(8)6-3;;/h1-2,7-8H;;/q;+1;-1. The molecule has 1 fully saturated rings. The number of hydrogen-bond donors (Lipinski definition) is 2. The number of thiol groups is 2. The molecule has 3 nitrogen and oxygen atoms in total. The first-order chi connectivity index (χ1) is 3.70. The van der Waals surface area contributed by atoms with Gasteiger partial charge in [-0.3, -0.25) is 0 Å². The Balaban J connectivity index is 0. The third kappa shape index (κ3) is 2.34. The fourth-order valence-electron chi connectivity index (χ4n) is 0.341. The molecule has 0 radical (unpaired) electrons. The van der Waals surface area contributed by atoms with Crippen molar-refractivity contribution in [3.63, 3.8) is 0 Å². The Labute approximate surface area is 76.9 Å². The van der Waals surface area contributed by atoms with Crippen molar-refractivity contribution in [3.8, 4) is 0 Å². The van der Waals surface area contributed by atoms with Gasteiger partial charge >= 0.3 is 25.0 Å². The van der Waals surface area contributed by atoms with Gasteiger partial charge in [0.1, 0.15) is 0 Å². The molecule has 1 heterocycles. The van der Waals surface area contributed by atoms with E-state index in [1.54, 1.807) is 0 Å². The molecule has 1 rings (SSSR count). The second kappa shape index (κ2) is 3.67. The van der Waals surface area contributed by atoms with E-state index in [0.29, 0.717) is 0 Å². The average Bonchev–Trinajstić information content (AvgIpc) is 1.85. The second-order valence-electron chi connectivity index (χ2n) is 1.27. The molecule has 2 unspecified atom stereocenters. The molecule has 0 N–H and O–H groups in total.